The molecule has 2 rings (SSSR count). The van der Waals surface area contributed by atoms with E-state index in [1.165, 1.54) is 0 Å². The second-order valence-corrected chi connectivity index (χ2v) is 4.49. The molecule has 0 unspecified atom stereocenters. The minimum Gasteiger partial charge on any atom is -0.343 e. The molecular weight excluding hydrogens is 232 g/mol. The number of halogens is 1. The molecule has 4 heteroatoms. The highest BCUT2D eigenvalue weighted by molar-refractivity contribution is 7.80. The summed E-state index contributed by atoms with van der Waals surface area (Å²) in [6.07, 6.45) is 0.0639. The minimum atomic E-state index is -0.655. The lowest BCUT2D eigenvalue weighted by Crippen LogP contribution is -2.24. The predicted octanol–water partition coefficient (Wildman–Crippen LogP) is 2.86. The highest BCUT2D eigenvalue weighted by atomic mass is 35.5. The zero-order chi connectivity index (χ0) is 10.9. The molecule has 0 radical (unpaired) electrons. The van der Waals surface area contributed by atoms with Crippen molar-refractivity contribution in [3.63, 3.8) is 0 Å². The van der Waals surface area contributed by atoms with Crippen LogP contribution in [0.1, 0.15) is 12.5 Å². The summed E-state index contributed by atoms with van der Waals surface area (Å²) in [7, 11) is 0. The SMILES string of the molecule is C[C@]1(c2ccc(Cl)cc2)OC[C@@H](CS)O1. The van der Waals surface area contributed by atoms with Gasteiger partial charge in [0.25, 0.3) is 0 Å². The van der Waals surface area contributed by atoms with Crippen LogP contribution in [0.15, 0.2) is 24.3 Å². The second-order valence-electron chi connectivity index (χ2n) is 3.69. The first-order valence-electron chi connectivity index (χ1n) is 4.83. The zero-order valence-corrected chi connectivity index (χ0v) is 10.1. The van der Waals surface area contributed by atoms with Gasteiger partial charge >= 0.3 is 0 Å². The molecule has 1 heterocycles. The first kappa shape index (κ1) is 11.3. The van der Waals surface area contributed by atoms with Crippen LogP contribution in [0, 0.1) is 0 Å². The van der Waals surface area contributed by atoms with Crippen LogP contribution in [0.25, 0.3) is 0 Å². The van der Waals surface area contributed by atoms with Crippen LogP contribution in [0.4, 0.5) is 0 Å². The van der Waals surface area contributed by atoms with Gasteiger partial charge in [-0.2, -0.15) is 12.6 Å². The van der Waals surface area contributed by atoms with Crippen molar-refractivity contribution in [2.45, 2.75) is 18.8 Å². The molecule has 0 aromatic heterocycles. The summed E-state index contributed by atoms with van der Waals surface area (Å²) < 4.78 is 11.4. The fourth-order valence-electron chi connectivity index (χ4n) is 1.63. The Morgan fingerprint density at radius 3 is 2.67 bits per heavy atom. The summed E-state index contributed by atoms with van der Waals surface area (Å²) in [5.74, 6) is 0.0150. The smallest absolute Gasteiger partial charge is 0.192 e. The van der Waals surface area contributed by atoms with Gasteiger partial charge in [0.15, 0.2) is 5.79 Å². The van der Waals surface area contributed by atoms with Gasteiger partial charge in [0.1, 0.15) is 0 Å². The Hall–Kier alpha value is -0.220. The van der Waals surface area contributed by atoms with Crippen molar-refractivity contribution in [3.05, 3.63) is 34.9 Å². The highest BCUT2D eigenvalue weighted by Gasteiger charge is 2.38. The van der Waals surface area contributed by atoms with Gasteiger partial charge in [-0.05, 0) is 19.1 Å². The highest BCUT2D eigenvalue weighted by Crippen LogP contribution is 2.34. The van der Waals surface area contributed by atoms with Crippen LogP contribution in [0.5, 0.6) is 0 Å². The Bertz CT molecular complexity index is 341. The summed E-state index contributed by atoms with van der Waals surface area (Å²) in [5, 5.41) is 0.714. The average Bonchev–Trinajstić information content (AvgIpc) is 2.62. The number of benzene rings is 1. The number of thiol groups is 1. The maximum atomic E-state index is 5.83. The predicted molar refractivity (Wildman–Crippen MR) is 63.5 cm³/mol. The molecule has 82 valence electrons. The van der Waals surface area contributed by atoms with E-state index in [0.717, 1.165) is 5.56 Å². The lowest BCUT2D eigenvalue weighted by Gasteiger charge is -2.23. The third kappa shape index (κ3) is 2.31. The fraction of sp³-hybridized carbons (Fsp3) is 0.455. The molecule has 0 amide bonds. The van der Waals surface area contributed by atoms with Gasteiger partial charge in [0, 0.05) is 16.3 Å². The molecule has 15 heavy (non-hydrogen) atoms. The Morgan fingerprint density at radius 1 is 1.47 bits per heavy atom. The van der Waals surface area contributed by atoms with E-state index in [-0.39, 0.29) is 6.10 Å². The Kier molecular flexibility index (Phi) is 3.26. The molecule has 0 aliphatic carbocycles. The molecule has 1 aliphatic rings. The van der Waals surface area contributed by atoms with Crippen LogP contribution in [0.3, 0.4) is 0 Å². The van der Waals surface area contributed by atoms with Crippen molar-refractivity contribution in [1.29, 1.82) is 0 Å². The molecule has 0 bridgehead atoms. The van der Waals surface area contributed by atoms with Gasteiger partial charge in [0.05, 0.1) is 12.7 Å². The number of hydrogen-bond acceptors (Lipinski definition) is 3. The van der Waals surface area contributed by atoms with E-state index in [9.17, 15) is 0 Å². The molecule has 1 saturated heterocycles. The summed E-state index contributed by atoms with van der Waals surface area (Å²) in [6, 6.07) is 7.51. The monoisotopic (exact) mass is 244 g/mol. The Morgan fingerprint density at radius 2 is 2.13 bits per heavy atom. The number of hydrogen-bond donors (Lipinski definition) is 1. The Labute approximate surface area is 99.9 Å². The lowest BCUT2D eigenvalue weighted by atomic mass is 10.1. The molecule has 0 spiro atoms. The number of ether oxygens (including phenoxy) is 2. The van der Waals surface area contributed by atoms with E-state index in [1.807, 2.05) is 31.2 Å². The van der Waals surface area contributed by atoms with Crippen LogP contribution in [-0.2, 0) is 15.3 Å². The molecule has 1 aromatic carbocycles. The van der Waals surface area contributed by atoms with E-state index in [4.69, 9.17) is 21.1 Å². The van der Waals surface area contributed by atoms with E-state index in [0.29, 0.717) is 17.4 Å². The molecule has 1 fully saturated rings. The Balaban J connectivity index is 2.20. The molecule has 0 saturated carbocycles. The summed E-state index contributed by atoms with van der Waals surface area (Å²) in [4.78, 5) is 0. The van der Waals surface area contributed by atoms with Crippen molar-refractivity contribution in [1.82, 2.24) is 0 Å². The van der Waals surface area contributed by atoms with Gasteiger partial charge in [0.2, 0.25) is 0 Å². The maximum Gasteiger partial charge on any atom is 0.192 e. The fourth-order valence-corrected chi connectivity index (χ4v) is 1.94. The van der Waals surface area contributed by atoms with E-state index in [1.54, 1.807) is 0 Å². The molecule has 2 atom stereocenters. The molecule has 2 nitrogen and oxygen atoms in total. The summed E-state index contributed by atoms with van der Waals surface area (Å²) in [6.45, 7) is 2.50. The first-order valence-corrected chi connectivity index (χ1v) is 5.84. The van der Waals surface area contributed by atoms with Crippen molar-refractivity contribution in [3.8, 4) is 0 Å². The first-order chi connectivity index (χ1) is 7.14. The second kappa shape index (κ2) is 4.34. The molecule has 1 aromatic rings. The standard InChI is InChI=1S/C11H13ClO2S/c1-11(13-6-10(7-15)14-11)8-2-4-9(12)5-3-8/h2-5,10,15H,6-7H2,1H3/t10-,11-/m0/s1. The molecule has 1 aliphatic heterocycles. The van der Waals surface area contributed by atoms with Crippen molar-refractivity contribution in [2.24, 2.45) is 0 Å². The quantitative estimate of drug-likeness (QED) is 0.807. The van der Waals surface area contributed by atoms with Gasteiger partial charge in [-0.1, -0.05) is 23.7 Å². The van der Waals surface area contributed by atoms with Gasteiger partial charge in [-0.3, -0.25) is 0 Å². The summed E-state index contributed by atoms with van der Waals surface area (Å²) >= 11 is 10.0. The molecular formula is C11H13ClO2S. The van der Waals surface area contributed by atoms with Gasteiger partial charge in [-0.25, -0.2) is 0 Å². The number of rotatable bonds is 2. The topological polar surface area (TPSA) is 18.5 Å². The van der Waals surface area contributed by atoms with Gasteiger partial charge < -0.3 is 9.47 Å². The van der Waals surface area contributed by atoms with Crippen LogP contribution in [0.2, 0.25) is 5.02 Å². The third-order valence-corrected chi connectivity index (χ3v) is 3.17. The lowest BCUT2D eigenvalue weighted by molar-refractivity contribution is -0.159. The normalized spacial score (nSPS) is 30.7. The van der Waals surface area contributed by atoms with Crippen LogP contribution >= 0.6 is 24.2 Å². The summed E-state index contributed by atoms with van der Waals surface area (Å²) in [5.41, 5.74) is 0.983. The van der Waals surface area contributed by atoms with Crippen molar-refractivity contribution < 1.29 is 9.47 Å². The third-order valence-electron chi connectivity index (χ3n) is 2.51. The van der Waals surface area contributed by atoms with E-state index >= 15 is 0 Å². The maximum absolute atomic E-state index is 5.83. The van der Waals surface area contributed by atoms with Crippen LogP contribution < -0.4 is 0 Å². The van der Waals surface area contributed by atoms with Crippen LogP contribution in [-0.4, -0.2) is 18.5 Å². The van der Waals surface area contributed by atoms with Crippen molar-refractivity contribution in [2.75, 3.05) is 12.4 Å². The van der Waals surface area contributed by atoms with E-state index in [2.05, 4.69) is 12.6 Å². The van der Waals surface area contributed by atoms with Gasteiger partial charge in [-0.15, -0.1) is 0 Å². The zero-order valence-electron chi connectivity index (χ0n) is 8.44. The minimum absolute atomic E-state index is 0.0639. The molecule has 0 N–H and O–H groups in total. The van der Waals surface area contributed by atoms with E-state index < -0.39 is 5.79 Å². The van der Waals surface area contributed by atoms with Crippen molar-refractivity contribution >= 4 is 24.2 Å². The largest absolute Gasteiger partial charge is 0.343 e. The average molecular weight is 245 g/mol.